The zero-order valence-corrected chi connectivity index (χ0v) is 23.0. The van der Waals surface area contributed by atoms with E-state index >= 15 is 0 Å². The summed E-state index contributed by atoms with van der Waals surface area (Å²) >= 11 is 0. The molecule has 2 fully saturated rings. The zero-order chi connectivity index (χ0) is 25.8. The predicted octanol–water partition coefficient (Wildman–Crippen LogP) is 3.68. The quantitative estimate of drug-likeness (QED) is 0.536. The molecule has 1 aromatic rings. The number of carbonyl (C=O) groups is 1. The number of ether oxygens (including phenoxy) is 4. The molecule has 0 aromatic heterocycles. The van der Waals surface area contributed by atoms with Gasteiger partial charge >= 0.3 is 6.09 Å². The number of carbonyl (C=O) groups excluding carboxylic acids is 1. The van der Waals surface area contributed by atoms with Crippen molar-refractivity contribution in [2.45, 2.75) is 45.3 Å². The Balaban J connectivity index is 1.46. The van der Waals surface area contributed by atoms with Crippen molar-refractivity contribution in [1.82, 2.24) is 14.7 Å². The molecule has 1 aromatic carbocycles. The summed E-state index contributed by atoms with van der Waals surface area (Å²) in [5.41, 5.74) is 2.67. The van der Waals surface area contributed by atoms with Crippen LogP contribution >= 0.6 is 0 Å². The van der Waals surface area contributed by atoms with Gasteiger partial charge in [0, 0.05) is 32.2 Å². The van der Waals surface area contributed by atoms with Crippen LogP contribution in [0.25, 0.3) is 0 Å². The summed E-state index contributed by atoms with van der Waals surface area (Å²) in [5, 5.41) is 0. The van der Waals surface area contributed by atoms with Crippen molar-refractivity contribution in [1.29, 1.82) is 0 Å². The molecule has 202 valence electrons. The molecule has 3 aliphatic heterocycles. The molecule has 4 unspecified atom stereocenters. The van der Waals surface area contributed by atoms with Gasteiger partial charge in [0.1, 0.15) is 0 Å². The van der Waals surface area contributed by atoms with Crippen LogP contribution < -0.4 is 9.47 Å². The highest BCUT2D eigenvalue weighted by Gasteiger charge is 2.40. The van der Waals surface area contributed by atoms with Crippen molar-refractivity contribution in [3.05, 3.63) is 23.3 Å². The molecule has 4 atom stereocenters. The Morgan fingerprint density at radius 1 is 1.11 bits per heavy atom. The monoisotopic (exact) mass is 503 g/mol. The fourth-order valence-corrected chi connectivity index (χ4v) is 6.25. The van der Waals surface area contributed by atoms with E-state index in [9.17, 15) is 4.79 Å². The minimum atomic E-state index is -0.205. The lowest BCUT2D eigenvalue weighted by atomic mass is 9.74. The predicted molar refractivity (Wildman–Crippen MR) is 140 cm³/mol. The lowest BCUT2D eigenvalue weighted by molar-refractivity contribution is -0.0427. The lowest BCUT2D eigenvalue weighted by Crippen LogP contribution is -2.50. The van der Waals surface area contributed by atoms with E-state index in [1.54, 1.807) is 14.2 Å². The zero-order valence-electron chi connectivity index (χ0n) is 23.0. The molecule has 1 amide bonds. The minimum absolute atomic E-state index is 0.0314. The fourth-order valence-electron chi connectivity index (χ4n) is 6.25. The maximum atomic E-state index is 13.0. The standard InChI is InChI=1S/C28H45N3O5/c1-19(2)11-21-15-30-8-7-20-13-26(33-5)27(34-6)14-24(20)25(30)12-22(21)18-36-28(32)31-9-10-35-23(17-31)16-29(3)4/h13-14,19,21-23,25H,7-12,15-18H2,1-6H3. The summed E-state index contributed by atoms with van der Waals surface area (Å²) < 4.78 is 23.0. The first kappa shape index (κ1) is 27.0. The highest BCUT2D eigenvalue weighted by Crippen LogP contribution is 2.45. The maximum Gasteiger partial charge on any atom is 0.409 e. The minimum Gasteiger partial charge on any atom is -0.493 e. The van der Waals surface area contributed by atoms with Crippen molar-refractivity contribution in [2.24, 2.45) is 17.8 Å². The third-order valence-corrected chi connectivity index (χ3v) is 7.94. The van der Waals surface area contributed by atoms with E-state index in [4.69, 9.17) is 18.9 Å². The number of piperidine rings is 1. The van der Waals surface area contributed by atoms with Crippen LogP contribution in [-0.2, 0) is 15.9 Å². The number of rotatable bonds is 8. The van der Waals surface area contributed by atoms with Gasteiger partial charge in [-0.2, -0.15) is 0 Å². The topological polar surface area (TPSA) is 63.7 Å². The van der Waals surface area contributed by atoms with Gasteiger partial charge in [0.2, 0.25) is 0 Å². The van der Waals surface area contributed by atoms with E-state index in [0.29, 0.717) is 50.1 Å². The molecule has 8 heteroatoms. The molecule has 0 N–H and O–H groups in total. The Hall–Kier alpha value is -2.03. The Kier molecular flexibility index (Phi) is 9.01. The number of amides is 1. The molecule has 3 heterocycles. The molecular weight excluding hydrogens is 458 g/mol. The molecule has 0 radical (unpaired) electrons. The van der Waals surface area contributed by atoms with E-state index in [-0.39, 0.29) is 12.2 Å². The Labute approximate surface area is 216 Å². The lowest BCUT2D eigenvalue weighted by Gasteiger charge is -2.47. The molecule has 2 saturated heterocycles. The number of fused-ring (bicyclic) bond motifs is 3. The van der Waals surface area contributed by atoms with Crippen molar-refractivity contribution in [2.75, 3.05) is 74.3 Å². The van der Waals surface area contributed by atoms with Crippen LogP contribution in [0.15, 0.2) is 12.1 Å². The summed E-state index contributed by atoms with van der Waals surface area (Å²) in [6, 6.07) is 4.62. The highest BCUT2D eigenvalue weighted by atomic mass is 16.6. The highest BCUT2D eigenvalue weighted by molar-refractivity contribution is 5.67. The first-order valence-electron chi connectivity index (χ1n) is 13.5. The van der Waals surface area contributed by atoms with Crippen molar-refractivity contribution in [3.8, 4) is 11.5 Å². The van der Waals surface area contributed by atoms with Crippen LogP contribution in [0.5, 0.6) is 11.5 Å². The Morgan fingerprint density at radius 3 is 2.56 bits per heavy atom. The van der Waals surface area contributed by atoms with E-state index in [1.165, 1.54) is 11.1 Å². The molecule has 0 aliphatic carbocycles. The van der Waals surface area contributed by atoms with Crippen LogP contribution in [0.2, 0.25) is 0 Å². The largest absolute Gasteiger partial charge is 0.493 e. The van der Waals surface area contributed by atoms with Crippen LogP contribution in [0.3, 0.4) is 0 Å². The van der Waals surface area contributed by atoms with Gasteiger partial charge in [-0.15, -0.1) is 0 Å². The van der Waals surface area contributed by atoms with Gasteiger partial charge in [-0.3, -0.25) is 4.90 Å². The van der Waals surface area contributed by atoms with Gasteiger partial charge in [-0.25, -0.2) is 4.79 Å². The number of benzene rings is 1. The van der Waals surface area contributed by atoms with E-state index in [0.717, 1.165) is 50.4 Å². The summed E-state index contributed by atoms with van der Waals surface area (Å²) in [6.07, 6.45) is 2.98. The Bertz CT molecular complexity index is 892. The van der Waals surface area contributed by atoms with Crippen molar-refractivity contribution < 1.29 is 23.7 Å². The molecule has 36 heavy (non-hydrogen) atoms. The molecule has 0 spiro atoms. The number of hydrogen-bond acceptors (Lipinski definition) is 7. The molecule has 0 bridgehead atoms. The molecule has 3 aliphatic rings. The Morgan fingerprint density at radius 2 is 1.86 bits per heavy atom. The third kappa shape index (κ3) is 6.26. The fraction of sp³-hybridized carbons (Fsp3) is 0.750. The number of morpholine rings is 1. The first-order valence-corrected chi connectivity index (χ1v) is 13.5. The van der Waals surface area contributed by atoms with Gasteiger partial charge in [0.15, 0.2) is 11.5 Å². The number of methoxy groups -OCH3 is 2. The van der Waals surface area contributed by atoms with Crippen LogP contribution in [-0.4, -0.2) is 101 Å². The number of nitrogens with zero attached hydrogens (tertiary/aromatic N) is 3. The summed E-state index contributed by atoms with van der Waals surface area (Å²) in [7, 11) is 7.44. The molecule has 4 rings (SSSR count). The average molecular weight is 504 g/mol. The van der Waals surface area contributed by atoms with Crippen LogP contribution in [0.1, 0.15) is 43.9 Å². The first-order chi connectivity index (χ1) is 17.3. The second kappa shape index (κ2) is 12.0. The SMILES string of the molecule is COc1cc2c(cc1OC)C1CC(COC(=O)N3CCOC(CN(C)C)C3)C(CC(C)C)CN1CC2. The summed E-state index contributed by atoms with van der Waals surface area (Å²) in [6.45, 7) is 9.68. The van der Waals surface area contributed by atoms with E-state index in [1.807, 2.05) is 19.0 Å². The number of likely N-dealkylation sites (N-methyl/N-ethyl adjacent to an activating group) is 1. The van der Waals surface area contributed by atoms with E-state index < -0.39 is 0 Å². The summed E-state index contributed by atoms with van der Waals surface area (Å²) in [4.78, 5) is 19.6. The van der Waals surface area contributed by atoms with Gasteiger partial charge in [0.05, 0.1) is 40.1 Å². The van der Waals surface area contributed by atoms with E-state index in [2.05, 4.69) is 35.8 Å². The molecular formula is C28H45N3O5. The maximum absolute atomic E-state index is 13.0. The average Bonchev–Trinajstić information content (AvgIpc) is 2.85. The molecule has 0 saturated carbocycles. The summed E-state index contributed by atoms with van der Waals surface area (Å²) in [5.74, 6) is 3.03. The molecule has 8 nitrogen and oxygen atoms in total. The van der Waals surface area contributed by atoms with Gasteiger partial charge < -0.3 is 28.7 Å². The second-order valence-corrected chi connectivity index (χ2v) is 11.3. The second-order valence-electron chi connectivity index (χ2n) is 11.3. The van der Waals surface area contributed by atoms with Crippen LogP contribution in [0, 0.1) is 17.8 Å². The van der Waals surface area contributed by atoms with Crippen molar-refractivity contribution in [3.63, 3.8) is 0 Å². The van der Waals surface area contributed by atoms with Gasteiger partial charge in [-0.1, -0.05) is 13.8 Å². The smallest absolute Gasteiger partial charge is 0.409 e. The normalized spacial score (nSPS) is 26.5. The van der Waals surface area contributed by atoms with Gasteiger partial charge in [-0.05, 0) is 74.4 Å². The van der Waals surface area contributed by atoms with Crippen molar-refractivity contribution >= 4 is 6.09 Å². The van der Waals surface area contributed by atoms with Crippen LogP contribution in [0.4, 0.5) is 4.79 Å². The van der Waals surface area contributed by atoms with Gasteiger partial charge in [0.25, 0.3) is 0 Å². The third-order valence-electron chi connectivity index (χ3n) is 7.94. The number of hydrogen-bond donors (Lipinski definition) is 0.